The normalized spacial score (nSPS) is 10.8. The molecule has 162 valence electrons. The second-order valence-corrected chi connectivity index (χ2v) is 7.57. The van der Waals surface area contributed by atoms with Crippen LogP contribution in [0, 0.1) is 24.0 Å². The Morgan fingerprint density at radius 1 is 1.27 bits per heavy atom. The van der Waals surface area contributed by atoms with Crippen molar-refractivity contribution in [2.24, 2.45) is 7.05 Å². The highest BCUT2D eigenvalue weighted by Crippen LogP contribution is 2.35. The maximum absolute atomic E-state index is 12.8. The van der Waals surface area contributed by atoms with Crippen LogP contribution in [0.25, 0.3) is 0 Å². The van der Waals surface area contributed by atoms with Gasteiger partial charge in [0.05, 0.1) is 23.2 Å². The van der Waals surface area contributed by atoms with Crippen molar-refractivity contribution < 1.29 is 28.8 Å². The Hall–Kier alpha value is -3.28. The van der Waals surface area contributed by atoms with Crippen LogP contribution >= 0.6 is 11.3 Å². The number of anilines is 1. The Morgan fingerprint density at radius 2 is 1.90 bits per heavy atom. The highest BCUT2D eigenvalue weighted by Gasteiger charge is 2.32. The molecule has 0 saturated heterocycles. The number of aryl methyl sites for hydroxylation is 1. The lowest BCUT2D eigenvalue weighted by atomic mass is 10.1. The number of aromatic nitrogens is 2. The number of ether oxygens (including phenoxy) is 2. The largest absolute Gasteiger partial charge is 0.462 e. The fraction of sp³-hybridized carbons (Fsp3) is 0.444. The first-order valence-electron chi connectivity index (χ1n) is 9.00. The Labute approximate surface area is 176 Å². The van der Waals surface area contributed by atoms with Crippen LogP contribution in [0.3, 0.4) is 0 Å². The van der Waals surface area contributed by atoms with E-state index in [1.54, 1.807) is 20.8 Å². The number of nitrogens with zero attached hydrogens (tertiary/aromatic N) is 3. The van der Waals surface area contributed by atoms with E-state index >= 15 is 0 Å². The molecule has 2 rings (SSSR count). The van der Waals surface area contributed by atoms with Gasteiger partial charge in [-0.25, -0.2) is 9.59 Å². The van der Waals surface area contributed by atoms with E-state index in [1.807, 2.05) is 0 Å². The molecule has 2 aromatic rings. The quantitative estimate of drug-likeness (QED) is 0.395. The highest BCUT2D eigenvalue weighted by atomic mass is 32.1. The Kier molecular flexibility index (Phi) is 6.92. The summed E-state index contributed by atoms with van der Waals surface area (Å²) in [6.07, 6.45) is -0.439. The molecule has 0 spiro atoms. The summed E-state index contributed by atoms with van der Waals surface area (Å²) in [7, 11) is 1.47. The first-order valence-corrected chi connectivity index (χ1v) is 9.81. The minimum absolute atomic E-state index is 0.0135. The van der Waals surface area contributed by atoms with E-state index in [0.29, 0.717) is 0 Å². The van der Waals surface area contributed by atoms with Crippen molar-refractivity contribution in [3.8, 4) is 0 Å². The average Bonchev–Trinajstić information content (AvgIpc) is 3.11. The zero-order chi connectivity index (χ0) is 22.7. The molecule has 12 heteroatoms. The summed E-state index contributed by atoms with van der Waals surface area (Å²) < 4.78 is 11.4. The van der Waals surface area contributed by atoms with E-state index in [-0.39, 0.29) is 33.3 Å². The van der Waals surface area contributed by atoms with Gasteiger partial charge in [-0.05, 0) is 40.2 Å². The number of esters is 2. The topological polar surface area (TPSA) is 143 Å². The van der Waals surface area contributed by atoms with Crippen molar-refractivity contribution in [3.05, 3.63) is 37.5 Å². The molecule has 0 bridgehead atoms. The number of thiophene rings is 1. The van der Waals surface area contributed by atoms with Gasteiger partial charge in [0.2, 0.25) is 5.69 Å². The van der Waals surface area contributed by atoms with Crippen LogP contribution in [-0.4, -0.2) is 45.3 Å². The van der Waals surface area contributed by atoms with Crippen LogP contribution in [0.1, 0.15) is 62.5 Å². The van der Waals surface area contributed by atoms with Crippen molar-refractivity contribution in [2.45, 2.75) is 40.7 Å². The van der Waals surface area contributed by atoms with E-state index in [1.165, 1.54) is 25.6 Å². The van der Waals surface area contributed by atoms with Gasteiger partial charge in [-0.1, -0.05) is 0 Å². The first kappa shape index (κ1) is 23.0. The predicted molar refractivity (Wildman–Crippen MR) is 108 cm³/mol. The summed E-state index contributed by atoms with van der Waals surface area (Å²) in [5, 5.41) is 17.8. The maximum atomic E-state index is 12.8. The zero-order valence-corrected chi connectivity index (χ0v) is 18.2. The van der Waals surface area contributed by atoms with Gasteiger partial charge in [0.1, 0.15) is 15.6 Å². The second kappa shape index (κ2) is 9.03. The van der Waals surface area contributed by atoms with Gasteiger partial charge in [-0.2, -0.15) is 5.10 Å². The fourth-order valence-corrected chi connectivity index (χ4v) is 3.73. The van der Waals surface area contributed by atoms with Gasteiger partial charge in [-0.3, -0.25) is 19.6 Å². The van der Waals surface area contributed by atoms with Crippen LogP contribution in [-0.2, 0) is 16.5 Å². The minimum atomic E-state index is -0.888. The van der Waals surface area contributed by atoms with Crippen LogP contribution < -0.4 is 5.32 Å². The molecule has 0 aromatic carbocycles. The van der Waals surface area contributed by atoms with Crippen molar-refractivity contribution in [2.75, 3.05) is 11.9 Å². The number of hydrogen-bond donors (Lipinski definition) is 1. The fourth-order valence-electron chi connectivity index (χ4n) is 2.64. The summed E-state index contributed by atoms with van der Waals surface area (Å²) in [6, 6.07) is 0. The van der Waals surface area contributed by atoms with Crippen molar-refractivity contribution in [1.29, 1.82) is 0 Å². The van der Waals surface area contributed by atoms with Crippen LogP contribution in [0.5, 0.6) is 0 Å². The van der Waals surface area contributed by atoms with Gasteiger partial charge < -0.3 is 14.8 Å². The van der Waals surface area contributed by atoms with Gasteiger partial charge in [-0.15, -0.1) is 11.3 Å². The van der Waals surface area contributed by atoms with Crippen LogP contribution in [0.15, 0.2) is 0 Å². The van der Waals surface area contributed by atoms with E-state index < -0.39 is 40.3 Å². The van der Waals surface area contributed by atoms with E-state index in [0.717, 1.165) is 11.3 Å². The molecule has 0 atom stereocenters. The molecule has 0 saturated carbocycles. The number of hydrogen-bond acceptors (Lipinski definition) is 9. The summed E-state index contributed by atoms with van der Waals surface area (Å²) in [4.78, 5) is 48.4. The van der Waals surface area contributed by atoms with Gasteiger partial charge in [0.15, 0.2) is 0 Å². The number of nitro groups is 1. The van der Waals surface area contributed by atoms with Gasteiger partial charge in [0.25, 0.3) is 5.91 Å². The monoisotopic (exact) mass is 438 g/mol. The molecular formula is C18H22N4O7S. The SMILES string of the molecule is CCOC(=O)c1sc(NC(=O)c2nn(C)c(C)c2[N+](=O)[O-])c(C(=O)OC(C)C)c1C. The number of amides is 1. The summed E-state index contributed by atoms with van der Waals surface area (Å²) in [6.45, 7) is 8.07. The summed E-state index contributed by atoms with van der Waals surface area (Å²) in [5.74, 6) is -2.28. The molecule has 2 aromatic heterocycles. The maximum Gasteiger partial charge on any atom is 0.348 e. The molecule has 0 fully saturated rings. The standard InChI is InChI=1S/C18H22N4O7S/c1-7-28-18(25)14-9(4)11(17(24)29-8(2)3)16(30-14)19-15(23)12-13(22(26)27)10(5)21(6)20-12/h8H,7H2,1-6H3,(H,19,23). The molecule has 11 nitrogen and oxygen atoms in total. The lowest BCUT2D eigenvalue weighted by Gasteiger charge is -2.10. The second-order valence-electron chi connectivity index (χ2n) is 6.55. The molecule has 0 aliphatic rings. The Morgan fingerprint density at radius 3 is 2.43 bits per heavy atom. The molecule has 0 radical (unpaired) electrons. The smallest absolute Gasteiger partial charge is 0.348 e. The Balaban J connectivity index is 2.53. The predicted octanol–water partition coefficient (Wildman–Crippen LogP) is 3.00. The summed E-state index contributed by atoms with van der Waals surface area (Å²) in [5.41, 5.74) is -0.391. The Bertz CT molecular complexity index is 1020. The van der Waals surface area contributed by atoms with Gasteiger partial charge >= 0.3 is 17.6 Å². The van der Waals surface area contributed by atoms with E-state index in [4.69, 9.17) is 9.47 Å². The van der Waals surface area contributed by atoms with Crippen LogP contribution in [0.4, 0.5) is 10.7 Å². The number of nitrogens with one attached hydrogen (secondary N) is 1. The molecule has 1 N–H and O–H groups in total. The van der Waals surface area contributed by atoms with Crippen LogP contribution in [0.2, 0.25) is 0 Å². The first-order chi connectivity index (χ1) is 14.0. The molecule has 1 amide bonds. The molecule has 0 aliphatic heterocycles. The average molecular weight is 438 g/mol. The van der Waals surface area contributed by atoms with Crippen molar-refractivity contribution in [3.63, 3.8) is 0 Å². The molecule has 0 unspecified atom stereocenters. The zero-order valence-electron chi connectivity index (χ0n) is 17.4. The molecular weight excluding hydrogens is 416 g/mol. The van der Waals surface area contributed by atoms with E-state index in [2.05, 4.69) is 10.4 Å². The number of rotatable bonds is 7. The van der Waals surface area contributed by atoms with E-state index in [9.17, 15) is 24.5 Å². The molecule has 30 heavy (non-hydrogen) atoms. The van der Waals surface area contributed by atoms with Gasteiger partial charge in [0, 0.05) is 7.05 Å². The van der Waals surface area contributed by atoms with Crippen molar-refractivity contribution in [1.82, 2.24) is 9.78 Å². The molecule has 2 heterocycles. The molecule has 0 aliphatic carbocycles. The lowest BCUT2D eigenvalue weighted by Crippen LogP contribution is -2.18. The number of carbonyl (C=O) groups is 3. The number of carbonyl (C=O) groups excluding carboxylic acids is 3. The third kappa shape index (κ3) is 4.48. The van der Waals surface area contributed by atoms with Crippen molar-refractivity contribution >= 4 is 39.9 Å². The highest BCUT2D eigenvalue weighted by molar-refractivity contribution is 7.18. The summed E-state index contributed by atoms with van der Waals surface area (Å²) >= 11 is 0.826. The minimum Gasteiger partial charge on any atom is -0.462 e. The third-order valence-corrected chi connectivity index (χ3v) is 5.27. The lowest BCUT2D eigenvalue weighted by molar-refractivity contribution is -0.385. The third-order valence-electron chi connectivity index (χ3n) is 4.08.